The molecule has 9 nitrogen and oxygen atoms in total. The number of imidazole rings is 3. The molecule has 0 aliphatic heterocycles. The molecule has 0 N–H and O–H groups in total. The number of hydrogen-bond donors (Lipinski definition) is 0. The Morgan fingerprint density at radius 1 is 0.286 bits per heavy atom. The van der Waals surface area contributed by atoms with Crippen LogP contribution < -0.4 is 0 Å². The summed E-state index contributed by atoms with van der Waals surface area (Å²) in [5.74, 6) is 2.34. The molecule has 7 aromatic carbocycles. The van der Waals surface area contributed by atoms with Gasteiger partial charge in [-0.3, -0.25) is 28.7 Å². The fourth-order valence-corrected chi connectivity index (χ4v) is 9.12. The van der Waals surface area contributed by atoms with E-state index in [1.165, 1.54) is 0 Å². The lowest BCUT2D eigenvalue weighted by molar-refractivity contribution is 1.10. The molecular weight excluding hydrogens is 775 g/mol. The Hall–Kier alpha value is -8.82. The van der Waals surface area contributed by atoms with E-state index in [-0.39, 0.29) is 0 Å². The van der Waals surface area contributed by atoms with Gasteiger partial charge < -0.3 is 0 Å². The Morgan fingerprint density at radius 2 is 0.587 bits per heavy atom. The van der Waals surface area contributed by atoms with Crippen LogP contribution in [0.4, 0.5) is 0 Å². The third kappa shape index (κ3) is 5.50. The van der Waals surface area contributed by atoms with E-state index >= 15 is 0 Å². The first-order chi connectivity index (χ1) is 31.2. The van der Waals surface area contributed by atoms with Crippen LogP contribution in [0.3, 0.4) is 0 Å². The van der Waals surface area contributed by atoms with Crippen molar-refractivity contribution in [3.63, 3.8) is 0 Å². The molecule has 13 aromatic rings. The lowest BCUT2D eigenvalue weighted by Gasteiger charge is -2.12. The van der Waals surface area contributed by atoms with Crippen molar-refractivity contribution in [2.24, 2.45) is 0 Å². The van der Waals surface area contributed by atoms with E-state index in [0.29, 0.717) is 0 Å². The van der Waals surface area contributed by atoms with Gasteiger partial charge in [0.25, 0.3) is 0 Å². The zero-order valence-electron chi connectivity index (χ0n) is 33.6. The van der Waals surface area contributed by atoms with Crippen LogP contribution in [0.5, 0.6) is 0 Å². The van der Waals surface area contributed by atoms with Crippen LogP contribution in [0.25, 0.3) is 117 Å². The maximum Gasteiger partial charge on any atom is 0.145 e. The van der Waals surface area contributed by atoms with Crippen molar-refractivity contribution >= 4 is 65.8 Å². The molecule has 0 saturated carbocycles. The number of rotatable bonds is 6. The predicted molar refractivity (Wildman–Crippen MR) is 253 cm³/mol. The third-order valence-electron chi connectivity index (χ3n) is 11.9. The highest BCUT2D eigenvalue weighted by molar-refractivity contribution is 6.22. The molecule has 294 valence electrons. The molecule has 63 heavy (non-hydrogen) atoms. The number of hydrogen-bond acceptors (Lipinski definition) is 6. The molecule has 0 atom stereocenters. The van der Waals surface area contributed by atoms with Gasteiger partial charge in [0.2, 0.25) is 0 Å². The number of benzene rings is 7. The zero-order chi connectivity index (χ0) is 41.4. The van der Waals surface area contributed by atoms with Crippen LogP contribution in [0.1, 0.15) is 0 Å². The van der Waals surface area contributed by atoms with E-state index in [4.69, 9.17) is 15.0 Å². The minimum Gasteiger partial charge on any atom is -0.290 e. The van der Waals surface area contributed by atoms with Crippen LogP contribution in [-0.4, -0.2) is 43.6 Å². The zero-order valence-corrected chi connectivity index (χ0v) is 33.6. The summed E-state index contributed by atoms with van der Waals surface area (Å²) in [4.78, 5) is 31.1. The Balaban J connectivity index is 1.27. The van der Waals surface area contributed by atoms with Gasteiger partial charge in [0.1, 0.15) is 50.6 Å². The smallest absolute Gasteiger partial charge is 0.145 e. The molecule has 0 radical (unpaired) electrons. The molecule has 6 aromatic heterocycles. The summed E-state index contributed by atoms with van der Waals surface area (Å²) in [6.07, 6.45) is 5.49. The minimum atomic E-state index is 0.777. The van der Waals surface area contributed by atoms with E-state index in [1.54, 1.807) is 0 Å². The molecule has 0 aliphatic carbocycles. The summed E-state index contributed by atoms with van der Waals surface area (Å²) in [5.41, 5.74) is 13.4. The molecule has 9 heteroatoms. The van der Waals surface area contributed by atoms with E-state index in [2.05, 4.69) is 174 Å². The highest BCUT2D eigenvalue weighted by atomic mass is 15.2. The van der Waals surface area contributed by atoms with E-state index in [1.807, 2.05) is 55.0 Å². The van der Waals surface area contributed by atoms with Crippen LogP contribution >= 0.6 is 0 Å². The minimum absolute atomic E-state index is 0.777. The summed E-state index contributed by atoms with van der Waals surface area (Å²) < 4.78 is 6.82. The fraction of sp³-hybridized carbons (Fsp3) is 0. The normalized spacial score (nSPS) is 11.8. The lowest BCUT2D eigenvalue weighted by atomic mass is 10.1. The van der Waals surface area contributed by atoms with Gasteiger partial charge in [0.05, 0.1) is 16.6 Å². The third-order valence-corrected chi connectivity index (χ3v) is 11.9. The van der Waals surface area contributed by atoms with Gasteiger partial charge in [-0.05, 0) is 109 Å². The number of aromatic nitrogens is 9. The first kappa shape index (κ1) is 35.0. The quantitative estimate of drug-likeness (QED) is 0.166. The first-order valence-electron chi connectivity index (χ1n) is 20.9. The van der Waals surface area contributed by atoms with Crippen molar-refractivity contribution in [3.05, 3.63) is 201 Å². The van der Waals surface area contributed by atoms with Gasteiger partial charge in [-0.25, -0.2) is 15.0 Å². The first-order valence-corrected chi connectivity index (χ1v) is 20.9. The molecule has 0 unspecified atom stereocenters. The molecule has 0 aliphatic rings. The largest absolute Gasteiger partial charge is 0.290 e. The van der Waals surface area contributed by atoms with Crippen LogP contribution in [0, 0.1) is 0 Å². The van der Waals surface area contributed by atoms with Gasteiger partial charge in [-0.15, -0.1) is 0 Å². The van der Waals surface area contributed by atoms with Gasteiger partial charge in [0.15, 0.2) is 0 Å². The summed E-state index contributed by atoms with van der Waals surface area (Å²) >= 11 is 0. The van der Waals surface area contributed by atoms with Gasteiger partial charge in [-0.1, -0.05) is 72.8 Å². The Bertz CT molecular complexity index is 3470. The van der Waals surface area contributed by atoms with Crippen LogP contribution in [0.2, 0.25) is 0 Å². The fourth-order valence-electron chi connectivity index (χ4n) is 9.12. The van der Waals surface area contributed by atoms with Crippen LogP contribution in [0.15, 0.2) is 201 Å². The second kappa shape index (κ2) is 13.9. The Kier molecular flexibility index (Phi) is 7.70. The van der Waals surface area contributed by atoms with Crippen molar-refractivity contribution in [2.45, 2.75) is 0 Å². The predicted octanol–water partition coefficient (Wildman–Crippen LogP) is 12.3. The van der Waals surface area contributed by atoms with Crippen molar-refractivity contribution in [3.8, 4) is 51.2 Å². The van der Waals surface area contributed by atoms with E-state index in [9.17, 15) is 0 Å². The summed E-state index contributed by atoms with van der Waals surface area (Å²) in [7, 11) is 0. The van der Waals surface area contributed by atoms with Gasteiger partial charge in [0, 0.05) is 68.5 Å². The second-order valence-electron chi connectivity index (χ2n) is 15.6. The lowest BCUT2D eigenvalue weighted by Crippen LogP contribution is -2.00. The standard InChI is InChI=1S/C54H33N9/c1-4-16-40(17-5-1)61-49-46(58-52(61)37-22-25-43-34(31-37)13-10-28-55-43)50-48(60-54(62(50)41-18-6-2-7-19-41)39-24-27-45-36(33-39)15-12-30-57-45)51-47(49)59-53(63(51)42-20-8-3-9-21-42)38-23-26-44-35(32-38)14-11-29-56-44/h1-33H. The summed E-state index contributed by atoms with van der Waals surface area (Å²) in [6, 6.07) is 62.7. The second-order valence-corrected chi connectivity index (χ2v) is 15.6. The number of fused-ring (bicyclic) bond motifs is 9. The number of pyridine rings is 3. The monoisotopic (exact) mass is 807 g/mol. The SMILES string of the molecule is c1ccc(-n2c(-c3ccc4ncccc4c3)nc3c2c2nc(-c4ccc5ncccc5c4)n(-c4ccccc4)c2c2nc(-c4ccc5ncccc5c4)n(-c4ccccc4)c32)cc1. The number of para-hydroxylation sites is 3. The van der Waals surface area contributed by atoms with Crippen molar-refractivity contribution in [1.82, 2.24) is 43.6 Å². The Morgan fingerprint density at radius 3 is 0.889 bits per heavy atom. The molecule has 6 heterocycles. The number of nitrogens with zero attached hydrogens (tertiary/aromatic N) is 9. The van der Waals surface area contributed by atoms with E-state index in [0.717, 1.165) is 117 Å². The van der Waals surface area contributed by atoms with Crippen molar-refractivity contribution in [1.29, 1.82) is 0 Å². The van der Waals surface area contributed by atoms with Crippen molar-refractivity contribution < 1.29 is 0 Å². The summed E-state index contributed by atoms with van der Waals surface area (Å²) in [6.45, 7) is 0. The van der Waals surface area contributed by atoms with Crippen molar-refractivity contribution in [2.75, 3.05) is 0 Å². The molecule has 0 amide bonds. The van der Waals surface area contributed by atoms with Gasteiger partial charge >= 0.3 is 0 Å². The molecular formula is C54H33N9. The highest BCUT2D eigenvalue weighted by Gasteiger charge is 2.30. The molecule has 0 fully saturated rings. The van der Waals surface area contributed by atoms with Gasteiger partial charge in [-0.2, -0.15) is 0 Å². The summed E-state index contributed by atoms with van der Waals surface area (Å²) in [5, 5.41) is 3.09. The maximum atomic E-state index is 5.73. The topological polar surface area (TPSA) is 92.1 Å². The average Bonchev–Trinajstić information content (AvgIpc) is 4.07. The molecule has 0 saturated heterocycles. The molecule has 0 spiro atoms. The maximum absolute atomic E-state index is 5.73. The van der Waals surface area contributed by atoms with E-state index < -0.39 is 0 Å². The average molecular weight is 808 g/mol. The Labute approximate surface area is 359 Å². The molecule has 0 bridgehead atoms. The van der Waals surface area contributed by atoms with Crippen LogP contribution in [-0.2, 0) is 0 Å². The molecule has 13 rings (SSSR count). The highest BCUT2D eigenvalue weighted by Crippen LogP contribution is 2.44.